The van der Waals surface area contributed by atoms with Crippen LogP contribution in [0, 0.1) is 0 Å². The second kappa shape index (κ2) is 70.8. The lowest BCUT2D eigenvalue weighted by Gasteiger charge is -2.24. The largest absolute Gasteiger partial charge is 0.472 e. The van der Waals surface area contributed by atoms with Crippen LogP contribution in [0.4, 0.5) is 0 Å². The number of esters is 2. The lowest BCUT2D eigenvalue weighted by Crippen LogP contribution is -2.37. The predicted molar refractivity (Wildman–Crippen MR) is 390 cm³/mol. The molecule has 526 valence electrons. The van der Waals surface area contributed by atoms with Gasteiger partial charge in [-0.1, -0.05) is 350 Å². The van der Waals surface area contributed by atoms with Crippen molar-refractivity contribution in [2.45, 2.75) is 380 Å². The second-order valence-electron chi connectivity index (χ2n) is 27.4. The van der Waals surface area contributed by atoms with Crippen LogP contribution in [0.2, 0.25) is 0 Å². The van der Waals surface area contributed by atoms with Crippen LogP contribution < -0.4 is 0 Å². The van der Waals surface area contributed by atoms with Gasteiger partial charge >= 0.3 is 19.8 Å². The molecule has 90 heavy (non-hydrogen) atoms. The Balaban J connectivity index is 3.93. The Morgan fingerprint density at radius 2 is 0.633 bits per heavy atom. The van der Waals surface area contributed by atoms with Gasteiger partial charge < -0.3 is 18.9 Å². The van der Waals surface area contributed by atoms with E-state index in [1.54, 1.807) is 0 Å². The molecule has 9 nitrogen and oxygen atoms in total. The number of quaternary nitrogens is 1. The van der Waals surface area contributed by atoms with Crippen molar-refractivity contribution in [1.82, 2.24) is 0 Å². The number of unbranched alkanes of at least 4 members (excludes halogenated alkanes) is 46. The molecule has 0 aliphatic heterocycles. The number of carbonyl (C=O) groups excluding carboxylic acids is 2. The molecule has 0 aromatic rings. The van der Waals surface area contributed by atoms with E-state index in [9.17, 15) is 19.0 Å². The number of phosphoric acid groups is 1. The third-order valence-corrected chi connectivity index (χ3v) is 18.2. The minimum atomic E-state index is -4.39. The molecule has 2 unspecified atom stereocenters. The smallest absolute Gasteiger partial charge is 0.462 e. The summed E-state index contributed by atoms with van der Waals surface area (Å²) in [6, 6.07) is 0. The van der Waals surface area contributed by atoms with Crippen LogP contribution in [-0.2, 0) is 32.7 Å². The maximum atomic E-state index is 12.9. The van der Waals surface area contributed by atoms with E-state index in [0.717, 1.165) is 64.2 Å². The standard InChI is InChI=1S/C80H148NO8P/c1-6-8-10-12-14-16-18-20-22-24-26-28-30-32-34-36-37-38-39-40-41-42-43-45-47-49-51-53-55-57-59-61-63-65-67-69-71-73-80(83)89-78(77-88-90(84,85)87-75-74-81(3,4)5)76-86-79(82)72-70-68-66-64-62-60-58-56-54-52-50-48-46-44-35-33-31-29-27-25-23-21-19-17-15-13-11-9-7-2/h8,10,14,16,19-22,25-28,78H,6-7,9,11-13,15,17-18,23-24,29-77H2,1-5H3/p+1/b10-8-,16-14-,21-19-,22-20-,27-25-,28-26-. The fourth-order valence-electron chi connectivity index (χ4n) is 11.3. The van der Waals surface area contributed by atoms with Gasteiger partial charge in [-0.05, 0) is 83.5 Å². The fourth-order valence-corrected chi connectivity index (χ4v) is 12.1. The van der Waals surface area contributed by atoms with Crippen molar-refractivity contribution in [1.29, 1.82) is 0 Å². The van der Waals surface area contributed by atoms with Crippen LogP contribution in [0.5, 0.6) is 0 Å². The summed E-state index contributed by atoms with van der Waals surface area (Å²) in [7, 11) is 1.49. The van der Waals surface area contributed by atoms with Crippen molar-refractivity contribution in [2.75, 3.05) is 47.5 Å². The fraction of sp³-hybridized carbons (Fsp3) is 0.825. The van der Waals surface area contributed by atoms with Crippen LogP contribution in [0.15, 0.2) is 72.9 Å². The van der Waals surface area contributed by atoms with Gasteiger partial charge in [0, 0.05) is 12.8 Å². The summed E-state index contributed by atoms with van der Waals surface area (Å²) < 4.78 is 34.8. The molecule has 0 bridgehead atoms. The first-order valence-electron chi connectivity index (χ1n) is 38.7. The van der Waals surface area contributed by atoms with E-state index in [0.29, 0.717) is 23.9 Å². The molecule has 0 spiro atoms. The Bertz CT molecular complexity index is 1750. The lowest BCUT2D eigenvalue weighted by molar-refractivity contribution is -0.870. The van der Waals surface area contributed by atoms with Crippen molar-refractivity contribution >= 4 is 19.8 Å². The van der Waals surface area contributed by atoms with E-state index in [1.165, 1.54) is 276 Å². The van der Waals surface area contributed by atoms with Gasteiger partial charge in [-0.3, -0.25) is 18.6 Å². The quantitative estimate of drug-likeness (QED) is 0.0211. The number of ether oxygens (including phenoxy) is 2. The molecule has 10 heteroatoms. The molecule has 0 saturated heterocycles. The van der Waals surface area contributed by atoms with E-state index in [2.05, 4.69) is 86.8 Å². The van der Waals surface area contributed by atoms with E-state index in [-0.39, 0.29) is 25.6 Å². The van der Waals surface area contributed by atoms with Crippen molar-refractivity contribution in [2.24, 2.45) is 0 Å². The van der Waals surface area contributed by atoms with Gasteiger partial charge in [0.05, 0.1) is 27.7 Å². The van der Waals surface area contributed by atoms with E-state index in [4.69, 9.17) is 18.5 Å². The SMILES string of the molecule is CC/C=C\C/C=C\C/C=C\C/C=C\CCCCCCCCCCCCCCCCCCCCCCCCCCC(=O)OC(COC(=O)CCCCCCCCCCCCCCCCCCC/C=C\C/C=C\CCCCCCC)COP(=O)(O)OCC[N+](C)(C)C. The lowest BCUT2D eigenvalue weighted by atomic mass is 10.0. The normalized spacial score (nSPS) is 13.4. The number of nitrogens with zero attached hydrogens (tertiary/aromatic N) is 1. The molecule has 0 radical (unpaired) electrons. The molecule has 0 fully saturated rings. The maximum absolute atomic E-state index is 12.9. The minimum Gasteiger partial charge on any atom is -0.462 e. The van der Waals surface area contributed by atoms with Crippen molar-refractivity contribution in [3.8, 4) is 0 Å². The summed E-state index contributed by atoms with van der Waals surface area (Å²) in [6.07, 6.45) is 96.1. The molecule has 0 rings (SSSR count). The van der Waals surface area contributed by atoms with E-state index < -0.39 is 26.5 Å². The summed E-state index contributed by atoms with van der Waals surface area (Å²) in [5, 5.41) is 0. The predicted octanol–water partition coefficient (Wildman–Crippen LogP) is 25.5. The molecule has 0 aliphatic rings. The Kier molecular flexibility index (Phi) is 68.8. The summed E-state index contributed by atoms with van der Waals surface area (Å²) in [5.41, 5.74) is 0. The number of rotatable bonds is 72. The molecule has 0 amide bonds. The summed E-state index contributed by atoms with van der Waals surface area (Å²) in [6.45, 7) is 4.37. The highest BCUT2D eigenvalue weighted by Gasteiger charge is 2.27. The number of likely N-dealkylation sites (N-methyl/N-ethyl adjacent to an activating group) is 1. The van der Waals surface area contributed by atoms with Crippen molar-refractivity contribution in [3.05, 3.63) is 72.9 Å². The summed E-state index contributed by atoms with van der Waals surface area (Å²) in [5.74, 6) is -0.777. The van der Waals surface area contributed by atoms with Crippen molar-refractivity contribution in [3.63, 3.8) is 0 Å². The third-order valence-electron chi connectivity index (χ3n) is 17.2. The number of carbonyl (C=O) groups is 2. The Morgan fingerprint density at radius 1 is 0.356 bits per heavy atom. The number of hydrogen-bond acceptors (Lipinski definition) is 7. The molecule has 2 atom stereocenters. The van der Waals surface area contributed by atoms with Gasteiger partial charge in [0.1, 0.15) is 19.8 Å². The van der Waals surface area contributed by atoms with Gasteiger partial charge in [0.25, 0.3) is 0 Å². The highest BCUT2D eigenvalue weighted by atomic mass is 31.2. The molecular formula is C80H149NO8P+. The summed E-state index contributed by atoms with van der Waals surface area (Å²) in [4.78, 5) is 36.0. The van der Waals surface area contributed by atoms with Crippen LogP contribution in [0.1, 0.15) is 373 Å². The number of allylic oxidation sites excluding steroid dienone is 12. The van der Waals surface area contributed by atoms with E-state index in [1.807, 2.05) is 21.1 Å². The topological polar surface area (TPSA) is 108 Å². The van der Waals surface area contributed by atoms with E-state index >= 15 is 0 Å². The Labute approximate surface area is 559 Å². The molecule has 0 aromatic heterocycles. The summed E-state index contributed by atoms with van der Waals surface area (Å²) >= 11 is 0. The highest BCUT2D eigenvalue weighted by Crippen LogP contribution is 2.43. The van der Waals surface area contributed by atoms with Gasteiger partial charge in [0.2, 0.25) is 0 Å². The zero-order valence-electron chi connectivity index (χ0n) is 60.1. The average Bonchev–Trinajstić information content (AvgIpc) is 3.58. The molecule has 1 N–H and O–H groups in total. The molecule has 0 aromatic carbocycles. The van der Waals surface area contributed by atoms with Gasteiger partial charge in [0.15, 0.2) is 6.10 Å². The van der Waals surface area contributed by atoms with Crippen LogP contribution in [-0.4, -0.2) is 74.9 Å². The second-order valence-corrected chi connectivity index (χ2v) is 28.8. The molecular weight excluding hydrogens is 1130 g/mol. The van der Waals surface area contributed by atoms with Crippen molar-refractivity contribution < 1.29 is 42.1 Å². The van der Waals surface area contributed by atoms with Crippen LogP contribution >= 0.6 is 7.82 Å². The van der Waals surface area contributed by atoms with Gasteiger partial charge in [-0.25, -0.2) is 4.57 Å². The maximum Gasteiger partial charge on any atom is 0.472 e. The molecule has 0 heterocycles. The minimum absolute atomic E-state index is 0.0332. The first kappa shape index (κ1) is 87.5. The molecule has 0 aliphatic carbocycles. The third kappa shape index (κ3) is 74.5. The Hall–Kier alpha value is -2.55. The van der Waals surface area contributed by atoms with Gasteiger partial charge in [-0.2, -0.15) is 0 Å². The zero-order valence-corrected chi connectivity index (χ0v) is 61.0. The van der Waals surface area contributed by atoms with Crippen LogP contribution in [0.3, 0.4) is 0 Å². The number of phosphoric ester groups is 1. The number of hydrogen-bond donors (Lipinski definition) is 1. The van der Waals surface area contributed by atoms with Gasteiger partial charge in [-0.15, -0.1) is 0 Å². The average molecular weight is 1280 g/mol. The van der Waals surface area contributed by atoms with Crippen LogP contribution in [0.25, 0.3) is 0 Å². The first-order valence-corrected chi connectivity index (χ1v) is 40.2. The first-order chi connectivity index (χ1) is 44.0. The zero-order chi connectivity index (χ0) is 65.5. The monoisotopic (exact) mass is 1280 g/mol. The Morgan fingerprint density at radius 3 is 0.944 bits per heavy atom. The molecule has 0 saturated carbocycles. The highest BCUT2D eigenvalue weighted by molar-refractivity contribution is 7.47.